The van der Waals surface area contributed by atoms with Gasteiger partial charge in [-0.2, -0.15) is 0 Å². The summed E-state index contributed by atoms with van der Waals surface area (Å²) in [6.07, 6.45) is 1.72. The van der Waals surface area contributed by atoms with E-state index >= 15 is 0 Å². The highest BCUT2D eigenvalue weighted by atomic mass is 35.5. The van der Waals surface area contributed by atoms with Crippen LogP contribution in [-0.4, -0.2) is 24.9 Å². The number of rotatable bonds is 4. The van der Waals surface area contributed by atoms with Gasteiger partial charge in [-0.3, -0.25) is 13.9 Å². The van der Waals surface area contributed by atoms with Crippen LogP contribution in [0.2, 0.25) is 5.02 Å². The van der Waals surface area contributed by atoms with Crippen LogP contribution < -0.4 is 11.2 Å². The van der Waals surface area contributed by atoms with Crippen LogP contribution in [0.4, 0.5) is 0 Å². The Morgan fingerprint density at radius 2 is 1.92 bits per heavy atom. The molecule has 128 valence electrons. The molecule has 25 heavy (non-hydrogen) atoms. The lowest BCUT2D eigenvalue weighted by atomic mass is 10.2. The fourth-order valence-corrected chi connectivity index (χ4v) is 3.40. The molecule has 0 aliphatic heterocycles. The molecular formula is C17H15ClN4O2S. The van der Waals surface area contributed by atoms with Gasteiger partial charge in [-0.05, 0) is 12.1 Å². The predicted octanol–water partition coefficient (Wildman–Crippen LogP) is 2.63. The summed E-state index contributed by atoms with van der Waals surface area (Å²) in [5, 5.41) is 1.30. The quantitative estimate of drug-likeness (QED) is 0.399. The highest BCUT2D eigenvalue weighted by molar-refractivity contribution is 7.99. The van der Waals surface area contributed by atoms with Gasteiger partial charge in [0.1, 0.15) is 10.4 Å². The van der Waals surface area contributed by atoms with E-state index in [1.807, 2.05) is 12.1 Å². The average Bonchev–Trinajstić information content (AvgIpc) is 2.62. The van der Waals surface area contributed by atoms with Crippen molar-refractivity contribution in [3.05, 3.63) is 62.8 Å². The summed E-state index contributed by atoms with van der Waals surface area (Å²) in [5.74, 6) is 0.938. The number of nitrogens with zero attached hydrogens (tertiary/aromatic N) is 4. The Balaban J connectivity index is 2.44. The van der Waals surface area contributed by atoms with Crippen LogP contribution in [-0.2, 0) is 14.1 Å². The average molecular weight is 375 g/mol. The maximum Gasteiger partial charge on any atom is 0.332 e. The van der Waals surface area contributed by atoms with Crippen molar-refractivity contribution in [1.82, 2.24) is 19.1 Å². The van der Waals surface area contributed by atoms with Crippen LogP contribution in [0.15, 0.2) is 51.5 Å². The maximum atomic E-state index is 12.6. The van der Waals surface area contributed by atoms with E-state index in [-0.39, 0.29) is 5.65 Å². The van der Waals surface area contributed by atoms with Gasteiger partial charge < -0.3 is 0 Å². The Kier molecular flexibility index (Phi) is 4.78. The molecule has 0 spiro atoms. The molecule has 0 bridgehead atoms. The van der Waals surface area contributed by atoms with Gasteiger partial charge in [-0.1, -0.05) is 29.8 Å². The van der Waals surface area contributed by atoms with Crippen molar-refractivity contribution in [2.24, 2.45) is 14.1 Å². The molecule has 0 fully saturated rings. The number of hydrogen-bond acceptors (Lipinski definition) is 5. The van der Waals surface area contributed by atoms with Gasteiger partial charge in [-0.25, -0.2) is 14.8 Å². The number of hydrogen-bond donors (Lipinski definition) is 0. The van der Waals surface area contributed by atoms with E-state index in [9.17, 15) is 9.59 Å². The first-order valence-corrected chi connectivity index (χ1v) is 8.78. The fourth-order valence-electron chi connectivity index (χ4n) is 2.43. The third kappa shape index (κ3) is 3.01. The third-order valence-corrected chi connectivity index (χ3v) is 5.02. The second-order valence-corrected chi connectivity index (χ2v) is 6.75. The van der Waals surface area contributed by atoms with E-state index in [1.54, 1.807) is 25.3 Å². The molecule has 0 saturated carbocycles. The minimum absolute atomic E-state index is 0.282. The summed E-state index contributed by atoms with van der Waals surface area (Å²) in [6.45, 7) is 3.70. The van der Waals surface area contributed by atoms with Crippen LogP contribution in [0.5, 0.6) is 0 Å². The molecule has 0 atom stereocenters. The second kappa shape index (κ2) is 6.85. The summed E-state index contributed by atoms with van der Waals surface area (Å²) in [7, 11) is 3.02. The van der Waals surface area contributed by atoms with Crippen molar-refractivity contribution >= 4 is 34.4 Å². The van der Waals surface area contributed by atoms with E-state index < -0.39 is 11.2 Å². The molecule has 0 radical (unpaired) electrons. The molecule has 3 aromatic rings. The summed E-state index contributed by atoms with van der Waals surface area (Å²) < 4.78 is 2.40. The summed E-state index contributed by atoms with van der Waals surface area (Å²) >= 11 is 7.62. The lowest BCUT2D eigenvalue weighted by molar-refractivity contribution is 0.703. The maximum absolute atomic E-state index is 12.6. The van der Waals surface area contributed by atoms with E-state index in [0.29, 0.717) is 32.6 Å². The van der Waals surface area contributed by atoms with Crippen molar-refractivity contribution in [3.63, 3.8) is 0 Å². The summed E-state index contributed by atoms with van der Waals surface area (Å²) in [6, 6.07) is 7.18. The van der Waals surface area contributed by atoms with Crippen molar-refractivity contribution in [2.45, 2.75) is 5.03 Å². The number of halogens is 1. The first-order chi connectivity index (χ1) is 12.0. The molecule has 0 N–H and O–H groups in total. The number of aryl methyl sites for hydroxylation is 1. The highest BCUT2D eigenvalue weighted by Crippen LogP contribution is 2.29. The molecular weight excluding hydrogens is 360 g/mol. The number of aromatic nitrogens is 4. The van der Waals surface area contributed by atoms with Crippen LogP contribution in [0.25, 0.3) is 22.4 Å². The summed E-state index contributed by atoms with van der Waals surface area (Å²) in [5.41, 5.74) is 0.0561. The molecule has 6 nitrogen and oxygen atoms in total. The number of benzene rings is 1. The van der Waals surface area contributed by atoms with Crippen LogP contribution in [0, 0.1) is 0 Å². The smallest absolute Gasteiger partial charge is 0.280 e. The lowest BCUT2D eigenvalue weighted by Crippen LogP contribution is -2.37. The molecule has 1 aromatic carbocycles. The standard InChI is InChI=1S/C17H15ClN4O2S/c1-4-9-25-15-12-14(21(2)17(24)22(3)16(12)23)19-13(20-15)10-7-5-6-8-11(10)18/h4-8H,1,9H2,2-3H3. The first-order valence-electron chi connectivity index (χ1n) is 7.42. The number of fused-ring (bicyclic) bond motifs is 1. The fraction of sp³-hybridized carbons (Fsp3) is 0.176. The SMILES string of the molecule is C=CCSc1nc(-c2ccccc2Cl)nc2c1c(=O)n(C)c(=O)n2C. The van der Waals surface area contributed by atoms with Gasteiger partial charge in [-0.15, -0.1) is 18.3 Å². The molecule has 2 heterocycles. The Bertz CT molecular complexity index is 1100. The zero-order chi connectivity index (χ0) is 18.1. The van der Waals surface area contributed by atoms with Gasteiger partial charge in [0.05, 0.1) is 5.02 Å². The Labute approximate surface area is 152 Å². The second-order valence-electron chi connectivity index (χ2n) is 5.34. The largest absolute Gasteiger partial charge is 0.332 e. The summed E-state index contributed by atoms with van der Waals surface area (Å²) in [4.78, 5) is 33.8. The minimum Gasteiger partial charge on any atom is -0.280 e. The van der Waals surface area contributed by atoms with Crippen molar-refractivity contribution in [1.29, 1.82) is 0 Å². The molecule has 0 aliphatic rings. The van der Waals surface area contributed by atoms with Crippen LogP contribution >= 0.6 is 23.4 Å². The molecule has 0 saturated heterocycles. The van der Waals surface area contributed by atoms with Gasteiger partial charge in [0, 0.05) is 25.4 Å². The van der Waals surface area contributed by atoms with Gasteiger partial charge in [0.25, 0.3) is 5.56 Å². The van der Waals surface area contributed by atoms with Crippen molar-refractivity contribution in [2.75, 3.05) is 5.75 Å². The molecule has 3 rings (SSSR count). The third-order valence-electron chi connectivity index (χ3n) is 3.72. The van der Waals surface area contributed by atoms with E-state index in [0.717, 1.165) is 4.57 Å². The monoisotopic (exact) mass is 374 g/mol. The van der Waals surface area contributed by atoms with Crippen LogP contribution in [0.3, 0.4) is 0 Å². The lowest BCUT2D eigenvalue weighted by Gasteiger charge is -2.12. The van der Waals surface area contributed by atoms with E-state index in [1.165, 1.54) is 23.4 Å². The normalized spacial score (nSPS) is 11.0. The highest BCUT2D eigenvalue weighted by Gasteiger charge is 2.18. The molecule has 2 aromatic heterocycles. The molecule has 0 unspecified atom stereocenters. The topological polar surface area (TPSA) is 69.8 Å². The Morgan fingerprint density at radius 1 is 1.20 bits per heavy atom. The predicted molar refractivity (Wildman–Crippen MR) is 101 cm³/mol. The first kappa shape index (κ1) is 17.4. The van der Waals surface area contributed by atoms with E-state index in [2.05, 4.69) is 16.5 Å². The van der Waals surface area contributed by atoms with E-state index in [4.69, 9.17) is 11.6 Å². The van der Waals surface area contributed by atoms with Gasteiger partial charge in [0.2, 0.25) is 0 Å². The van der Waals surface area contributed by atoms with Crippen LogP contribution in [0.1, 0.15) is 0 Å². The van der Waals surface area contributed by atoms with Gasteiger partial charge in [0.15, 0.2) is 11.5 Å². The molecule has 0 amide bonds. The number of thioether (sulfide) groups is 1. The minimum atomic E-state index is -0.444. The van der Waals surface area contributed by atoms with Gasteiger partial charge >= 0.3 is 5.69 Å². The Morgan fingerprint density at radius 3 is 2.60 bits per heavy atom. The zero-order valence-electron chi connectivity index (χ0n) is 13.7. The van der Waals surface area contributed by atoms with Crippen molar-refractivity contribution in [3.8, 4) is 11.4 Å². The Hall–Kier alpha value is -2.38. The molecule has 0 aliphatic carbocycles. The zero-order valence-corrected chi connectivity index (χ0v) is 15.3. The van der Waals surface area contributed by atoms with Crippen molar-refractivity contribution < 1.29 is 0 Å². The molecule has 8 heteroatoms.